The van der Waals surface area contributed by atoms with Gasteiger partial charge in [-0.3, -0.25) is 0 Å². The van der Waals surface area contributed by atoms with Gasteiger partial charge in [-0.25, -0.2) is 9.97 Å². The molecule has 0 unspecified atom stereocenters. The summed E-state index contributed by atoms with van der Waals surface area (Å²) in [5, 5.41) is 17.6. The van der Waals surface area contributed by atoms with Gasteiger partial charge in [0.2, 0.25) is 0 Å². The van der Waals surface area contributed by atoms with Crippen LogP contribution in [0, 0.1) is 18.3 Å². The largest absolute Gasteiger partial charge is 0.231 e. The summed E-state index contributed by atoms with van der Waals surface area (Å²) >= 11 is 1.23. The van der Waals surface area contributed by atoms with E-state index >= 15 is 0 Å². The van der Waals surface area contributed by atoms with E-state index in [2.05, 4.69) is 26.2 Å². The van der Waals surface area contributed by atoms with Gasteiger partial charge in [-0.1, -0.05) is 0 Å². The molecule has 0 radical (unpaired) electrons. The zero-order valence-electron chi connectivity index (χ0n) is 8.45. The van der Waals surface area contributed by atoms with Gasteiger partial charge in [-0.15, -0.1) is 5.10 Å². The number of rotatable bonds is 2. The molecule has 0 atom stereocenters. The number of nitrogens with zero attached hydrogens (tertiary/aromatic N) is 5. The lowest BCUT2D eigenvalue weighted by molar-refractivity contribution is 0.895. The highest BCUT2D eigenvalue weighted by Gasteiger charge is 2.07. The first kappa shape index (κ1) is 10.5. The van der Waals surface area contributed by atoms with E-state index in [0.717, 1.165) is 5.69 Å². The molecule has 78 valence electrons. The fourth-order valence-corrected chi connectivity index (χ4v) is 1.83. The molecule has 0 saturated carbocycles. The first-order valence-corrected chi connectivity index (χ1v) is 5.30. The average molecular weight is 229 g/mol. The zero-order chi connectivity index (χ0) is 11.4. The van der Waals surface area contributed by atoms with Gasteiger partial charge in [0.15, 0.2) is 5.16 Å². The van der Waals surface area contributed by atoms with Crippen LogP contribution in [0.15, 0.2) is 34.7 Å². The molecule has 0 aliphatic heterocycles. The standard InChI is InChI=1S/C10H7N5S/c1-7-2-4-12-10(14-7)16-9-8(6-11)3-5-13-15-9/h2-5H,1H3. The Labute approximate surface area is 96.6 Å². The Hall–Kier alpha value is -2.00. The van der Waals surface area contributed by atoms with E-state index in [4.69, 9.17) is 5.26 Å². The molecule has 0 aliphatic rings. The van der Waals surface area contributed by atoms with Crippen molar-refractivity contribution in [3.05, 3.63) is 35.8 Å². The molecule has 5 nitrogen and oxygen atoms in total. The highest BCUT2D eigenvalue weighted by atomic mass is 32.2. The van der Waals surface area contributed by atoms with E-state index in [1.807, 2.05) is 13.0 Å². The third-order valence-electron chi connectivity index (χ3n) is 1.77. The Morgan fingerprint density at radius 3 is 2.94 bits per heavy atom. The number of hydrogen-bond donors (Lipinski definition) is 0. The van der Waals surface area contributed by atoms with Crippen LogP contribution in [-0.2, 0) is 0 Å². The molecule has 16 heavy (non-hydrogen) atoms. The lowest BCUT2D eigenvalue weighted by Gasteiger charge is -2.00. The van der Waals surface area contributed by atoms with Crippen LogP contribution in [0.2, 0.25) is 0 Å². The summed E-state index contributed by atoms with van der Waals surface area (Å²) in [6, 6.07) is 5.48. The van der Waals surface area contributed by atoms with Crippen molar-refractivity contribution in [2.24, 2.45) is 0 Å². The molecule has 0 aliphatic carbocycles. The van der Waals surface area contributed by atoms with Crippen molar-refractivity contribution in [3.63, 3.8) is 0 Å². The molecule has 6 heteroatoms. The van der Waals surface area contributed by atoms with Crippen LogP contribution in [0.1, 0.15) is 11.3 Å². The van der Waals surface area contributed by atoms with Gasteiger partial charge in [0.1, 0.15) is 11.1 Å². The summed E-state index contributed by atoms with van der Waals surface area (Å²) in [7, 11) is 0. The molecule has 2 heterocycles. The molecule has 0 amide bonds. The lowest BCUT2D eigenvalue weighted by atomic mass is 10.3. The minimum absolute atomic E-state index is 0.477. The number of aryl methyl sites for hydroxylation is 1. The Kier molecular flexibility index (Phi) is 3.08. The van der Waals surface area contributed by atoms with Crippen LogP contribution in [0.4, 0.5) is 0 Å². The summed E-state index contributed by atoms with van der Waals surface area (Å²) in [6.45, 7) is 1.88. The third-order valence-corrected chi connectivity index (χ3v) is 2.64. The fourth-order valence-electron chi connectivity index (χ4n) is 1.04. The maximum absolute atomic E-state index is 8.88. The van der Waals surface area contributed by atoms with Crippen LogP contribution < -0.4 is 0 Å². The van der Waals surface area contributed by atoms with Crippen LogP contribution >= 0.6 is 11.8 Å². The van der Waals surface area contributed by atoms with Gasteiger partial charge in [-0.2, -0.15) is 10.4 Å². The fraction of sp³-hybridized carbons (Fsp3) is 0.100. The Balaban J connectivity index is 2.31. The van der Waals surface area contributed by atoms with Crippen LogP contribution in [0.25, 0.3) is 0 Å². The van der Waals surface area contributed by atoms with Crippen LogP contribution in [-0.4, -0.2) is 20.2 Å². The van der Waals surface area contributed by atoms with E-state index in [-0.39, 0.29) is 0 Å². The quantitative estimate of drug-likeness (QED) is 0.728. The smallest absolute Gasteiger partial charge is 0.194 e. The van der Waals surface area contributed by atoms with Crippen molar-refractivity contribution in [1.29, 1.82) is 5.26 Å². The molecular weight excluding hydrogens is 222 g/mol. The lowest BCUT2D eigenvalue weighted by Crippen LogP contribution is -1.92. The minimum Gasteiger partial charge on any atom is -0.231 e. The monoisotopic (exact) mass is 229 g/mol. The molecule has 0 saturated heterocycles. The molecule has 0 aromatic carbocycles. The molecule has 0 spiro atoms. The van der Waals surface area contributed by atoms with Crippen molar-refractivity contribution in [2.45, 2.75) is 17.1 Å². The van der Waals surface area contributed by atoms with E-state index in [1.54, 1.807) is 12.3 Å². The van der Waals surface area contributed by atoms with E-state index in [0.29, 0.717) is 15.7 Å². The number of aromatic nitrogens is 4. The molecular formula is C10H7N5S. The van der Waals surface area contributed by atoms with Gasteiger partial charge in [-0.05, 0) is 30.8 Å². The summed E-state index contributed by atoms with van der Waals surface area (Å²) in [6.07, 6.45) is 3.16. The van der Waals surface area contributed by atoms with Crippen molar-refractivity contribution in [3.8, 4) is 6.07 Å². The van der Waals surface area contributed by atoms with Crippen molar-refractivity contribution in [2.75, 3.05) is 0 Å². The third kappa shape index (κ3) is 2.32. The normalized spacial score (nSPS) is 9.75. The second-order valence-corrected chi connectivity index (χ2v) is 3.90. The molecule has 2 aromatic rings. The molecule has 2 rings (SSSR count). The Morgan fingerprint density at radius 1 is 1.31 bits per heavy atom. The predicted octanol–water partition coefficient (Wildman–Crippen LogP) is 1.60. The second-order valence-electron chi connectivity index (χ2n) is 2.94. The summed E-state index contributed by atoms with van der Waals surface area (Å²) in [5.74, 6) is 0. The van der Waals surface area contributed by atoms with Gasteiger partial charge in [0.25, 0.3) is 0 Å². The molecule has 0 N–H and O–H groups in total. The molecule has 2 aromatic heterocycles. The number of hydrogen-bond acceptors (Lipinski definition) is 6. The van der Waals surface area contributed by atoms with Gasteiger partial charge >= 0.3 is 0 Å². The summed E-state index contributed by atoms with van der Waals surface area (Å²) < 4.78 is 0. The maximum atomic E-state index is 8.88. The maximum Gasteiger partial charge on any atom is 0.194 e. The Bertz CT molecular complexity index is 549. The predicted molar refractivity (Wildman–Crippen MR) is 57.6 cm³/mol. The minimum atomic E-state index is 0.477. The highest BCUT2D eigenvalue weighted by Crippen LogP contribution is 2.24. The van der Waals surface area contributed by atoms with Crippen LogP contribution in [0.3, 0.4) is 0 Å². The van der Waals surface area contributed by atoms with Crippen molar-refractivity contribution in [1.82, 2.24) is 20.2 Å². The number of nitriles is 1. The molecule has 0 fully saturated rings. The topological polar surface area (TPSA) is 75.3 Å². The van der Waals surface area contributed by atoms with E-state index in [9.17, 15) is 0 Å². The van der Waals surface area contributed by atoms with Crippen molar-refractivity contribution < 1.29 is 0 Å². The SMILES string of the molecule is Cc1ccnc(Sc2nnccc2C#N)n1. The first-order chi connectivity index (χ1) is 7.79. The van der Waals surface area contributed by atoms with Gasteiger partial charge in [0, 0.05) is 11.9 Å². The summed E-state index contributed by atoms with van der Waals surface area (Å²) in [4.78, 5) is 8.30. The Morgan fingerprint density at radius 2 is 2.19 bits per heavy atom. The van der Waals surface area contributed by atoms with E-state index < -0.39 is 0 Å². The first-order valence-electron chi connectivity index (χ1n) is 4.49. The average Bonchev–Trinajstić information content (AvgIpc) is 2.30. The summed E-state index contributed by atoms with van der Waals surface area (Å²) in [5.41, 5.74) is 1.35. The van der Waals surface area contributed by atoms with E-state index in [1.165, 1.54) is 18.0 Å². The van der Waals surface area contributed by atoms with Crippen LogP contribution in [0.5, 0.6) is 0 Å². The van der Waals surface area contributed by atoms with Gasteiger partial charge in [0.05, 0.1) is 11.8 Å². The zero-order valence-corrected chi connectivity index (χ0v) is 9.27. The molecule has 0 bridgehead atoms. The van der Waals surface area contributed by atoms with Crippen molar-refractivity contribution >= 4 is 11.8 Å². The second kappa shape index (κ2) is 4.68. The highest BCUT2D eigenvalue weighted by molar-refractivity contribution is 7.99. The van der Waals surface area contributed by atoms with Gasteiger partial charge < -0.3 is 0 Å².